The van der Waals surface area contributed by atoms with Crippen LogP contribution >= 0.6 is 0 Å². The molecule has 0 spiro atoms. The molecule has 2 aromatic carbocycles. The molecule has 0 radical (unpaired) electrons. The summed E-state index contributed by atoms with van der Waals surface area (Å²) in [6.45, 7) is 10.4. The number of carbonyl (C=O) groups is 1. The van der Waals surface area contributed by atoms with E-state index in [9.17, 15) is 4.79 Å². The molecular formula is C30H40N2O. The second kappa shape index (κ2) is 12.5. The first-order valence-corrected chi connectivity index (χ1v) is 12.8. The number of amides is 1. The van der Waals surface area contributed by atoms with Crippen molar-refractivity contribution in [2.45, 2.75) is 79.1 Å². The lowest BCUT2D eigenvalue weighted by Crippen LogP contribution is -2.33. The van der Waals surface area contributed by atoms with Crippen molar-refractivity contribution >= 4 is 16.8 Å². The SMILES string of the molecule is CCCCCCN(CCCCCC)C(=O)c1cc(-c2ccc(C)c(C)c2)nc2ccccc12. The summed E-state index contributed by atoms with van der Waals surface area (Å²) in [6, 6.07) is 16.5. The molecule has 0 saturated carbocycles. The number of hydrogen-bond donors (Lipinski definition) is 0. The number of unbranched alkanes of at least 4 members (excludes halogenated alkanes) is 6. The second-order valence-corrected chi connectivity index (χ2v) is 9.28. The van der Waals surface area contributed by atoms with Gasteiger partial charge in [-0.15, -0.1) is 0 Å². The highest BCUT2D eigenvalue weighted by atomic mass is 16.2. The van der Waals surface area contributed by atoms with Crippen LogP contribution in [0, 0.1) is 13.8 Å². The number of aryl methyl sites for hydroxylation is 2. The maximum absolute atomic E-state index is 13.9. The van der Waals surface area contributed by atoms with E-state index >= 15 is 0 Å². The molecule has 33 heavy (non-hydrogen) atoms. The van der Waals surface area contributed by atoms with Crippen molar-refractivity contribution in [2.24, 2.45) is 0 Å². The summed E-state index contributed by atoms with van der Waals surface area (Å²) in [4.78, 5) is 20.9. The van der Waals surface area contributed by atoms with Crippen LogP contribution in [-0.2, 0) is 0 Å². The lowest BCUT2D eigenvalue weighted by atomic mass is 10.00. The predicted molar refractivity (Wildman–Crippen MR) is 141 cm³/mol. The Morgan fingerprint density at radius 1 is 0.788 bits per heavy atom. The second-order valence-electron chi connectivity index (χ2n) is 9.28. The molecule has 0 fully saturated rings. The third-order valence-electron chi connectivity index (χ3n) is 6.60. The molecule has 0 bridgehead atoms. The molecule has 3 aromatic rings. The average Bonchev–Trinajstić information content (AvgIpc) is 2.83. The number of carbonyl (C=O) groups excluding carboxylic acids is 1. The van der Waals surface area contributed by atoms with Crippen molar-refractivity contribution < 1.29 is 4.79 Å². The van der Waals surface area contributed by atoms with Gasteiger partial charge in [-0.2, -0.15) is 0 Å². The van der Waals surface area contributed by atoms with Crippen LogP contribution in [0.25, 0.3) is 22.2 Å². The number of nitrogens with zero attached hydrogens (tertiary/aromatic N) is 2. The molecule has 0 saturated heterocycles. The van der Waals surface area contributed by atoms with Gasteiger partial charge in [-0.05, 0) is 56.0 Å². The van der Waals surface area contributed by atoms with Gasteiger partial charge in [0.2, 0.25) is 0 Å². The minimum absolute atomic E-state index is 0.145. The van der Waals surface area contributed by atoms with E-state index in [2.05, 4.69) is 50.8 Å². The minimum Gasteiger partial charge on any atom is -0.339 e. The summed E-state index contributed by atoms with van der Waals surface area (Å²) in [5, 5.41) is 0.946. The van der Waals surface area contributed by atoms with Crippen LogP contribution in [0.3, 0.4) is 0 Å². The highest BCUT2D eigenvalue weighted by Crippen LogP contribution is 2.27. The molecule has 1 heterocycles. The number of para-hydroxylation sites is 1. The van der Waals surface area contributed by atoms with Gasteiger partial charge in [0, 0.05) is 24.0 Å². The third-order valence-corrected chi connectivity index (χ3v) is 6.60. The molecule has 0 unspecified atom stereocenters. The van der Waals surface area contributed by atoms with Gasteiger partial charge >= 0.3 is 0 Å². The molecule has 1 amide bonds. The summed E-state index contributed by atoms with van der Waals surface area (Å²) in [7, 11) is 0. The molecule has 0 atom stereocenters. The van der Waals surface area contributed by atoms with E-state index in [0.717, 1.165) is 53.7 Å². The molecule has 3 nitrogen and oxygen atoms in total. The van der Waals surface area contributed by atoms with Crippen molar-refractivity contribution in [3.8, 4) is 11.3 Å². The van der Waals surface area contributed by atoms with Gasteiger partial charge in [0.1, 0.15) is 0 Å². The zero-order valence-corrected chi connectivity index (χ0v) is 21.0. The number of rotatable bonds is 12. The molecule has 1 aromatic heterocycles. The Morgan fingerprint density at radius 2 is 1.45 bits per heavy atom. The maximum Gasteiger partial charge on any atom is 0.254 e. The van der Waals surface area contributed by atoms with Crippen LogP contribution in [0.5, 0.6) is 0 Å². The molecule has 3 rings (SSSR count). The zero-order valence-electron chi connectivity index (χ0n) is 21.0. The van der Waals surface area contributed by atoms with Gasteiger partial charge in [0.25, 0.3) is 5.91 Å². The molecule has 176 valence electrons. The normalized spacial score (nSPS) is 11.2. The smallest absolute Gasteiger partial charge is 0.254 e. The largest absolute Gasteiger partial charge is 0.339 e. The van der Waals surface area contributed by atoms with E-state index in [4.69, 9.17) is 4.98 Å². The van der Waals surface area contributed by atoms with Gasteiger partial charge in [0.15, 0.2) is 0 Å². The van der Waals surface area contributed by atoms with E-state index in [0.29, 0.717) is 0 Å². The molecule has 0 aliphatic rings. The summed E-state index contributed by atoms with van der Waals surface area (Å²) in [5.41, 5.74) is 6.10. The topological polar surface area (TPSA) is 33.2 Å². The van der Waals surface area contributed by atoms with E-state index < -0.39 is 0 Å². The van der Waals surface area contributed by atoms with Crippen molar-refractivity contribution in [2.75, 3.05) is 13.1 Å². The summed E-state index contributed by atoms with van der Waals surface area (Å²) < 4.78 is 0. The van der Waals surface area contributed by atoms with E-state index in [1.54, 1.807) is 0 Å². The van der Waals surface area contributed by atoms with Crippen LogP contribution in [0.2, 0.25) is 0 Å². The van der Waals surface area contributed by atoms with Crippen LogP contribution in [0.1, 0.15) is 86.7 Å². The number of benzene rings is 2. The first-order chi connectivity index (χ1) is 16.0. The number of fused-ring (bicyclic) bond motifs is 1. The Labute approximate surface area is 200 Å². The fourth-order valence-electron chi connectivity index (χ4n) is 4.35. The minimum atomic E-state index is 0.145. The zero-order chi connectivity index (χ0) is 23.6. The lowest BCUT2D eigenvalue weighted by molar-refractivity contribution is 0.0751. The van der Waals surface area contributed by atoms with Crippen LogP contribution < -0.4 is 0 Å². The predicted octanol–water partition coefficient (Wildman–Crippen LogP) is 8.12. The van der Waals surface area contributed by atoms with E-state index in [1.165, 1.54) is 49.7 Å². The van der Waals surface area contributed by atoms with Gasteiger partial charge < -0.3 is 4.90 Å². The highest BCUT2D eigenvalue weighted by Gasteiger charge is 2.20. The lowest BCUT2D eigenvalue weighted by Gasteiger charge is -2.24. The summed E-state index contributed by atoms with van der Waals surface area (Å²) in [5.74, 6) is 0.145. The van der Waals surface area contributed by atoms with Crippen molar-refractivity contribution in [1.82, 2.24) is 9.88 Å². The van der Waals surface area contributed by atoms with Crippen molar-refractivity contribution in [1.29, 1.82) is 0 Å². The Kier molecular flexibility index (Phi) is 9.47. The number of aromatic nitrogens is 1. The Morgan fingerprint density at radius 3 is 2.09 bits per heavy atom. The van der Waals surface area contributed by atoms with Crippen LogP contribution in [0.4, 0.5) is 0 Å². The van der Waals surface area contributed by atoms with Crippen molar-refractivity contribution in [3.05, 3.63) is 65.2 Å². The molecule has 3 heteroatoms. The fourth-order valence-corrected chi connectivity index (χ4v) is 4.35. The Balaban J connectivity index is 1.96. The molecule has 0 aliphatic heterocycles. The summed E-state index contributed by atoms with van der Waals surface area (Å²) in [6.07, 6.45) is 9.37. The quantitative estimate of drug-likeness (QED) is 0.264. The third kappa shape index (κ3) is 6.66. The van der Waals surface area contributed by atoms with Crippen LogP contribution in [0.15, 0.2) is 48.5 Å². The van der Waals surface area contributed by atoms with E-state index in [-0.39, 0.29) is 5.91 Å². The first-order valence-electron chi connectivity index (χ1n) is 12.8. The average molecular weight is 445 g/mol. The molecule has 0 aliphatic carbocycles. The number of pyridine rings is 1. The van der Waals surface area contributed by atoms with Gasteiger partial charge in [0.05, 0.1) is 16.8 Å². The van der Waals surface area contributed by atoms with Crippen molar-refractivity contribution in [3.63, 3.8) is 0 Å². The molecular weight excluding hydrogens is 404 g/mol. The maximum atomic E-state index is 13.9. The molecule has 0 N–H and O–H groups in total. The highest BCUT2D eigenvalue weighted by molar-refractivity contribution is 6.07. The monoisotopic (exact) mass is 444 g/mol. The standard InChI is InChI=1S/C30H40N2O/c1-5-7-9-13-19-32(20-14-10-8-6-2)30(33)27-22-29(25-18-17-23(3)24(4)21-25)31-28-16-12-11-15-26(27)28/h11-12,15-18,21-22H,5-10,13-14,19-20H2,1-4H3. The fraction of sp³-hybridized carbons (Fsp3) is 0.467. The Bertz CT molecular complexity index is 1040. The van der Waals surface area contributed by atoms with Crippen LogP contribution in [-0.4, -0.2) is 28.9 Å². The van der Waals surface area contributed by atoms with Gasteiger partial charge in [-0.25, -0.2) is 4.98 Å². The number of hydrogen-bond acceptors (Lipinski definition) is 2. The van der Waals surface area contributed by atoms with Gasteiger partial charge in [-0.3, -0.25) is 4.79 Å². The Hall–Kier alpha value is -2.68. The first kappa shape index (κ1) is 25.0. The van der Waals surface area contributed by atoms with E-state index in [1.807, 2.05) is 30.3 Å². The van der Waals surface area contributed by atoms with Gasteiger partial charge in [-0.1, -0.05) is 82.7 Å². The summed E-state index contributed by atoms with van der Waals surface area (Å²) >= 11 is 0.